The van der Waals surface area contributed by atoms with Crippen molar-refractivity contribution in [1.82, 2.24) is 5.32 Å². The highest BCUT2D eigenvalue weighted by molar-refractivity contribution is 6.03. The topological polar surface area (TPSA) is 61.4 Å². The molecule has 0 spiro atoms. The number of carbonyl (C=O) groups is 2. The molecular formula is C23H29N3O2. The highest BCUT2D eigenvalue weighted by Crippen LogP contribution is 2.24. The van der Waals surface area contributed by atoms with Crippen molar-refractivity contribution in [2.45, 2.75) is 39.2 Å². The van der Waals surface area contributed by atoms with Crippen LogP contribution in [0.3, 0.4) is 0 Å². The predicted molar refractivity (Wildman–Crippen MR) is 113 cm³/mol. The SMILES string of the molecule is CC1CCN(c2ccc(NC(=O)CC(=O)NC(C)c3ccccc3)cc2)CC1. The molecule has 0 radical (unpaired) electrons. The molecule has 0 aliphatic carbocycles. The summed E-state index contributed by atoms with van der Waals surface area (Å²) in [4.78, 5) is 26.7. The van der Waals surface area contributed by atoms with Gasteiger partial charge in [0.05, 0.1) is 6.04 Å². The maximum absolute atomic E-state index is 12.2. The zero-order chi connectivity index (χ0) is 19.9. The van der Waals surface area contributed by atoms with Crippen molar-refractivity contribution in [2.75, 3.05) is 23.3 Å². The van der Waals surface area contributed by atoms with Gasteiger partial charge in [0, 0.05) is 24.5 Å². The maximum Gasteiger partial charge on any atom is 0.233 e. The smallest absolute Gasteiger partial charge is 0.233 e. The van der Waals surface area contributed by atoms with Crippen LogP contribution in [0.4, 0.5) is 11.4 Å². The standard InChI is InChI=1S/C23H29N3O2/c1-17-12-14-26(15-13-17)21-10-8-20(9-11-21)25-23(28)16-22(27)24-18(2)19-6-4-3-5-7-19/h3-11,17-18H,12-16H2,1-2H3,(H,24,27)(H,25,28). The van der Waals surface area contributed by atoms with Gasteiger partial charge in [-0.3, -0.25) is 9.59 Å². The van der Waals surface area contributed by atoms with Crippen molar-refractivity contribution in [3.05, 3.63) is 60.2 Å². The lowest BCUT2D eigenvalue weighted by atomic mass is 9.99. The van der Waals surface area contributed by atoms with Gasteiger partial charge in [-0.25, -0.2) is 0 Å². The van der Waals surface area contributed by atoms with Crippen molar-refractivity contribution in [1.29, 1.82) is 0 Å². The number of anilines is 2. The molecular weight excluding hydrogens is 350 g/mol. The van der Waals surface area contributed by atoms with E-state index in [2.05, 4.69) is 22.5 Å². The van der Waals surface area contributed by atoms with E-state index in [0.717, 1.165) is 24.6 Å². The zero-order valence-electron chi connectivity index (χ0n) is 16.7. The Kier molecular flexibility index (Phi) is 6.69. The molecule has 28 heavy (non-hydrogen) atoms. The van der Waals surface area contributed by atoms with Crippen LogP contribution in [0, 0.1) is 5.92 Å². The molecule has 3 rings (SSSR count). The summed E-state index contributed by atoms with van der Waals surface area (Å²) < 4.78 is 0. The molecule has 2 N–H and O–H groups in total. The molecule has 5 nitrogen and oxygen atoms in total. The minimum atomic E-state index is -0.308. The number of nitrogens with zero attached hydrogens (tertiary/aromatic N) is 1. The van der Waals surface area contributed by atoms with E-state index in [9.17, 15) is 9.59 Å². The van der Waals surface area contributed by atoms with Gasteiger partial charge in [0.1, 0.15) is 6.42 Å². The number of rotatable bonds is 6. The highest BCUT2D eigenvalue weighted by Gasteiger charge is 2.16. The van der Waals surface area contributed by atoms with Gasteiger partial charge in [0.25, 0.3) is 0 Å². The van der Waals surface area contributed by atoms with Crippen molar-refractivity contribution < 1.29 is 9.59 Å². The van der Waals surface area contributed by atoms with Gasteiger partial charge in [0.2, 0.25) is 11.8 Å². The molecule has 1 heterocycles. The lowest BCUT2D eigenvalue weighted by molar-refractivity contribution is -0.127. The molecule has 0 aromatic heterocycles. The summed E-state index contributed by atoms with van der Waals surface area (Å²) in [5, 5.41) is 5.67. The van der Waals surface area contributed by atoms with E-state index in [1.54, 1.807) is 0 Å². The van der Waals surface area contributed by atoms with Gasteiger partial charge in [-0.05, 0) is 55.5 Å². The third-order valence-electron chi connectivity index (χ3n) is 5.30. The first-order valence-corrected chi connectivity index (χ1v) is 10.0. The molecule has 1 atom stereocenters. The lowest BCUT2D eigenvalue weighted by Gasteiger charge is -2.32. The van der Waals surface area contributed by atoms with Crippen LogP contribution in [-0.4, -0.2) is 24.9 Å². The molecule has 1 aliphatic rings. The molecule has 148 valence electrons. The summed E-state index contributed by atoms with van der Waals surface area (Å²) >= 11 is 0. The molecule has 2 aromatic carbocycles. The minimum absolute atomic E-state index is 0.131. The normalized spacial score (nSPS) is 15.7. The molecule has 1 aliphatic heterocycles. The van der Waals surface area contributed by atoms with Crippen LogP contribution in [0.5, 0.6) is 0 Å². The van der Waals surface area contributed by atoms with Crippen LogP contribution in [0.15, 0.2) is 54.6 Å². The number of amides is 2. The number of piperidine rings is 1. The van der Waals surface area contributed by atoms with Crippen molar-refractivity contribution in [3.63, 3.8) is 0 Å². The van der Waals surface area contributed by atoms with Crippen molar-refractivity contribution in [3.8, 4) is 0 Å². The summed E-state index contributed by atoms with van der Waals surface area (Å²) in [7, 11) is 0. The second kappa shape index (κ2) is 9.40. The molecule has 2 amide bonds. The fourth-order valence-electron chi connectivity index (χ4n) is 3.49. The van der Waals surface area contributed by atoms with E-state index in [1.807, 2.05) is 61.5 Å². The van der Waals surface area contributed by atoms with E-state index in [1.165, 1.54) is 18.5 Å². The molecule has 1 unspecified atom stereocenters. The van der Waals surface area contributed by atoms with Crippen LogP contribution in [0.2, 0.25) is 0 Å². The molecule has 1 saturated heterocycles. The van der Waals surface area contributed by atoms with Gasteiger partial charge in [-0.2, -0.15) is 0 Å². The quantitative estimate of drug-likeness (QED) is 0.742. The zero-order valence-corrected chi connectivity index (χ0v) is 16.7. The number of hydrogen-bond donors (Lipinski definition) is 2. The van der Waals surface area contributed by atoms with E-state index >= 15 is 0 Å². The second-order valence-electron chi connectivity index (χ2n) is 7.64. The summed E-state index contributed by atoms with van der Waals surface area (Å²) in [5.74, 6) is 0.204. The Balaban J connectivity index is 1.47. The second-order valence-corrected chi connectivity index (χ2v) is 7.64. The van der Waals surface area contributed by atoms with Gasteiger partial charge in [-0.15, -0.1) is 0 Å². The predicted octanol–water partition coefficient (Wildman–Crippen LogP) is 4.13. The molecule has 5 heteroatoms. The first kappa shape index (κ1) is 19.9. The third kappa shape index (κ3) is 5.59. The number of nitrogens with one attached hydrogen (secondary N) is 2. The average molecular weight is 380 g/mol. The Morgan fingerprint density at radius 1 is 1.00 bits per heavy atom. The van der Waals surface area contributed by atoms with E-state index < -0.39 is 0 Å². The molecule has 0 saturated carbocycles. The Hall–Kier alpha value is -2.82. The summed E-state index contributed by atoms with van der Waals surface area (Å²) in [6.45, 7) is 6.36. The first-order chi connectivity index (χ1) is 13.5. The lowest BCUT2D eigenvalue weighted by Crippen LogP contribution is -2.32. The fraction of sp³-hybridized carbons (Fsp3) is 0.391. The molecule has 1 fully saturated rings. The summed E-state index contributed by atoms with van der Waals surface area (Å²) in [6.07, 6.45) is 2.24. The Morgan fingerprint density at radius 3 is 2.29 bits per heavy atom. The van der Waals surface area contributed by atoms with Crippen LogP contribution in [0.1, 0.15) is 44.7 Å². The van der Waals surface area contributed by atoms with Gasteiger partial charge >= 0.3 is 0 Å². The van der Waals surface area contributed by atoms with Gasteiger partial charge in [-0.1, -0.05) is 37.3 Å². The van der Waals surface area contributed by atoms with Gasteiger partial charge < -0.3 is 15.5 Å². The largest absolute Gasteiger partial charge is 0.372 e. The van der Waals surface area contributed by atoms with Crippen LogP contribution in [0.25, 0.3) is 0 Å². The minimum Gasteiger partial charge on any atom is -0.372 e. The highest BCUT2D eigenvalue weighted by atomic mass is 16.2. The van der Waals surface area contributed by atoms with E-state index in [-0.39, 0.29) is 24.3 Å². The third-order valence-corrected chi connectivity index (χ3v) is 5.30. The van der Waals surface area contributed by atoms with Crippen LogP contribution < -0.4 is 15.5 Å². The van der Waals surface area contributed by atoms with Crippen molar-refractivity contribution in [2.24, 2.45) is 5.92 Å². The van der Waals surface area contributed by atoms with Crippen LogP contribution in [-0.2, 0) is 9.59 Å². The van der Waals surface area contributed by atoms with E-state index in [0.29, 0.717) is 5.69 Å². The summed E-state index contributed by atoms with van der Waals surface area (Å²) in [6, 6.07) is 17.4. The monoisotopic (exact) mass is 379 g/mol. The Bertz CT molecular complexity index is 781. The Morgan fingerprint density at radius 2 is 1.64 bits per heavy atom. The number of hydrogen-bond acceptors (Lipinski definition) is 3. The van der Waals surface area contributed by atoms with Crippen molar-refractivity contribution >= 4 is 23.2 Å². The van der Waals surface area contributed by atoms with Crippen LogP contribution >= 0.6 is 0 Å². The number of carbonyl (C=O) groups excluding carboxylic acids is 2. The summed E-state index contributed by atoms with van der Waals surface area (Å²) in [5.41, 5.74) is 2.90. The van der Waals surface area contributed by atoms with E-state index in [4.69, 9.17) is 0 Å². The van der Waals surface area contributed by atoms with Gasteiger partial charge in [0.15, 0.2) is 0 Å². The molecule has 2 aromatic rings. The maximum atomic E-state index is 12.2. The first-order valence-electron chi connectivity index (χ1n) is 10.0. The Labute approximate surface area is 167 Å². The average Bonchev–Trinajstić information content (AvgIpc) is 2.69. The fourth-order valence-corrected chi connectivity index (χ4v) is 3.49. The number of benzene rings is 2. The molecule has 0 bridgehead atoms.